The molecule has 3 heterocycles. The van der Waals surface area contributed by atoms with Crippen molar-refractivity contribution in [1.82, 2.24) is 20.0 Å². The maximum absolute atomic E-state index is 12.4. The molecule has 0 spiro atoms. The second-order valence-electron chi connectivity index (χ2n) is 6.24. The van der Waals surface area contributed by atoms with Crippen molar-refractivity contribution >= 4 is 17.2 Å². The van der Waals surface area contributed by atoms with Gasteiger partial charge in [0.15, 0.2) is 0 Å². The Bertz CT molecular complexity index is 665. The van der Waals surface area contributed by atoms with E-state index in [0.717, 1.165) is 44.1 Å². The Morgan fingerprint density at radius 3 is 2.96 bits per heavy atom. The largest absolute Gasteiger partial charge is 0.424 e. The van der Waals surface area contributed by atoms with Crippen molar-refractivity contribution in [3.05, 3.63) is 34.2 Å². The predicted octanol–water partition coefficient (Wildman–Crippen LogP) is 2.36. The van der Waals surface area contributed by atoms with E-state index in [1.165, 1.54) is 12.8 Å². The maximum atomic E-state index is 12.4. The van der Waals surface area contributed by atoms with Gasteiger partial charge < -0.3 is 9.32 Å². The number of carbonyl (C=O) groups excluding carboxylic acids is 1. The molecule has 1 saturated carbocycles. The molecule has 0 aromatic carbocycles. The van der Waals surface area contributed by atoms with Crippen molar-refractivity contribution in [2.75, 3.05) is 26.2 Å². The van der Waals surface area contributed by atoms with Gasteiger partial charge >= 0.3 is 0 Å². The quantitative estimate of drug-likeness (QED) is 0.860. The lowest BCUT2D eigenvalue weighted by molar-refractivity contribution is 0.0761. The third-order valence-corrected chi connectivity index (χ3v) is 5.10. The number of hydrogen-bond acceptors (Lipinski definition) is 6. The molecule has 0 N–H and O–H groups in total. The van der Waals surface area contributed by atoms with E-state index >= 15 is 0 Å². The van der Waals surface area contributed by atoms with Crippen molar-refractivity contribution in [1.29, 1.82) is 0 Å². The van der Waals surface area contributed by atoms with Crippen LogP contribution in [0.5, 0.6) is 0 Å². The van der Waals surface area contributed by atoms with Crippen LogP contribution in [0, 0.1) is 0 Å². The normalized spacial score (nSPS) is 19.7. The molecule has 6 nitrogen and oxygen atoms in total. The third kappa shape index (κ3) is 3.45. The molecule has 0 bridgehead atoms. The van der Waals surface area contributed by atoms with Crippen LogP contribution in [0.15, 0.2) is 21.2 Å². The highest BCUT2D eigenvalue weighted by Gasteiger charge is 2.29. The Labute approximate surface area is 139 Å². The molecule has 7 heteroatoms. The molecule has 1 aliphatic carbocycles. The number of hydrogen-bond donors (Lipinski definition) is 0. The summed E-state index contributed by atoms with van der Waals surface area (Å²) in [4.78, 5) is 16.7. The lowest BCUT2D eigenvalue weighted by Crippen LogP contribution is -2.34. The summed E-state index contributed by atoms with van der Waals surface area (Å²) in [5, 5.41) is 12.2. The number of aromatic nitrogens is 2. The fraction of sp³-hybridized carbons (Fsp3) is 0.562. The van der Waals surface area contributed by atoms with Crippen molar-refractivity contribution in [3.63, 3.8) is 0 Å². The van der Waals surface area contributed by atoms with E-state index in [1.807, 2.05) is 21.7 Å². The highest BCUT2D eigenvalue weighted by molar-refractivity contribution is 7.08. The van der Waals surface area contributed by atoms with Crippen LogP contribution in [0.1, 0.15) is 47.3 Å². The highest BCUT2D eigenvalue weighted by Crippen LogP contribution is 2.39. The molecule has 2 aliphatic rings. The monoisotopic (exact) mass is 332 g/mol. The van der Waals surface area contributed by atoms with Crippen LogP contribution in [-0.4, -0.2) is 52.1 Å². The first-order valence-corrected chi connectivity index (χ1v) is 9.10. The Morgan fingerprint density at radius 1 is 1.26 bits per heavy atom. The summed E-state index contributed by atoms with van der Waals surface area (Å²) in [6, 6.07) is 1.90. The van der Waals surface area contributed by atoms with Gasteiger partial charge in [-0.25, -0.2) is 0 Å². The van der Waals surface area contributed by atoms with E-state index in [1.54, 1.807) is 11.3 Å². The van der Waals surface area contributed by atoms with Gasteiger partial charge in [-0.15, -0.1) is 10.2 Å². The van der Waals surface area contributed by atoms with E-state index in [2.05, 4.69) is 15.1 Å². The molecular formula is C16H20N4O2S. The van der Waals surface area contributed by atoms with Crippen LogP contribution in [0.4, 0.5) is 0 Å². The van der Waals surface area contributed by atoms with Gasteiger partial charge in [-0.1, -0.05) is 0 Å². The van der Waals surface area contributed by atoms with Crippen LogP contribution in [0.2, 0.25) is 0 Å². The SMILES string of the molecule is O=C(c1ccsc1)N1CCCN(Cc2nnc(C3CC3)o2)CC1. The smallest absolute Gasteiger partial charge is 0.254 e. The van der Waals surface area contributed by atoms with E-state index in [4.69, 9.17) is 4.42 Å². The zero-order chi connectivity index (χ0) is 15.6. The second kappa shape index (κ2) is 6.41. The first-order chi connectivity index (χ1) is 11.3. The van der Waals surface area contributed by atoms with Gasteiger partial charge in [0.05, 0.1) is 12.1 Å². The molecule has 122 valence electrons. The summed E-state index contributed by atoms with van der Waals surface area (Å²) in [6.45, 7) is 4.03. The predicted molar refractivity (Wildman–Crippen MR) is 86.4 cm³/mol. The molecule has 4 rings (SSSR count). The van der Waals surface area contributed by atoms with Crippen molar-refractivity contribution in [2.45, 2.75) is 31.7 Å². The van der Waals surface area contributed by atoms with Crippen LogP contribution in [-0.2, 0) is 6.54 Å². The molecule has 23 heavy (non-hydrogen) atoms. The fourth-order valence-electron chi connectivity index (χ4n) is 2.92. The topological polar surface area (TPSA) is 62.5 Å². The molecule has 2 fully saturated rings. The van der Waals surface area contributed by atoms with E-state index < -0.39 is 0 Å². The van der Waals surface area contributed by atoms with Crippen LogP contribution in [0.3, 0.4) is 0 Å². The van der Waals surface area contributed by atoms with Crippen LogP contribution in [0.25, 0.3) is 0 Å². The van der Waals surface area contributed by atoms with Gasteiger partial charge in [0.2, 0.25) is 11.8 Å². The zero-order valence-corrected chi connectivity index (χ0v) is 13.8. The van der Waals surface area contributed by atoms with Crippen LogP contribution < -0.4 is 0 Å². The van der Waals surface area contributed by atoms with E-state index in [-0.39, 0.29) is 5.91 Å². The average Bonchev–Trinajstić information content (AvgIpc) is 3.14. The molecule has 0 radical (unpaired) electrons. The Balaban J connectivity index is 1.34. The number of thiophene rings is 1. The number of amides is 1. The van der Waals surface area contributed by atoms with Crippen molar-refractivity contribution < 1.29 is 9.21 Å². The molecule has 2 aromatic heterocycles. The van der Waals surface area contributed by atoms with Gasteiger partial charge in [-0.05, 0) is 30.7 Å². The van der Waals surface area contributed by atoms with Gasteiger partial charge in [0, 0.05) is 37.5 Å². The van der Waals surface area contributed by atoms with Crippen molar-refractivity contribution in [2.24, 2.45) is 0 Å². The minimum atomic E-state index is 0.141. The molecule has 2 aromatic rings. The molecule has 1 aliphatic heterocycles. The van der Waals surface area contributed by atoms with Gasteiger partial charge in [0.25, 0.3) is 5.91 Å². The summed E-state index contributed by atoms with van der Waals surface area (Å²) in [6.07, 6.45) is 3.31. The number of rotatable bonds is 4. The standard InChI is InChI=1S/C16H20N4O2S/c21-16(13-4-9-23-11-13)20-6-1-5-19(7-8-20)10-14-17-18-15(22-14)12-2-3-12/h4,9,11-12H,1-3,5-8,10H2. The molecule has 0 unspecified atom stereocenters. The summed E-state index contributed by atoms with van der Waals surface area (Å²) in [5.74, 6) is 2.13. The lowest BCUT2D eigenvalue weighted by Gasteiger charge is -2.20. The summed E-state index contributed by atoms with van der Waals surface area (Å²) < 4.78 is 5.74. The van der Waals surface area contributed by atoms with Gasteiger partial charge in [0.1, 0.15) is 0 Å². The van der Waals surface area contributed by atoms with E-state index in [0.29, 0.717) is 18.4 Å². The molecular weight excluding hydrogens is 312 g/mol. The highest BCUT2D eigenvalue weighted by atomic mass is 32.1. The Hall–Kier alpha value is -1.73. The van der Waals surface area contributed by atoms with Gasteiger partial charge in [-0.3, -0.25) is 9.69 Å². The fourth-order valence-corrected chi connectivity index (χ4v) is 3.55. The number of nitrogens with zero attached hydrogens (tertiary/aromatic N) is 4. The van der Waals surface area contributed by atoms with E-state index in [9.17, 15) is 4.79 Å². The Morgan fingerprint density at radius 2 is 2.17 bits per heavy atom. The number of carbonyl (C=O) groups is 1. The first-order valence-electron chi connectivity index (χ1n) is 8.16. The average molecular weight is 332 g/mol. The van der Waals surface area contributed by atoms with Gasteiger partial charge in [-0.2, -0.15) is 11.3 Å². The third-order valence-electron chi connectivity index (χ3n) is 4.41. The first kappa shape index (κ1) is 14.8. The lowest BCUT2D eigenvalue weighted by atomic mass is 10.3. The summed E-state index contributed by atoms with van der Waals surface area (Å²) in [5.41, 5.74) is 0.800. The Kier molecular flexibility index (Phi) is 4.13. The second-order valence-corrected chi connectivity index (χ2v) is 7.02. The van der Waals surface area contributed by atoms with Crippen molar-refractivity contribution in [3.8, 4) is 0 Å². The minimum absolute atomic E-state index is 0.141. The molecule has 1 saturated heterocycles. The summed E-state index contributed by atoms with van der Waals surface area (Å²) in [7, 11) is 0. The minimum Gasteiger partial charge on any atom is -0.424 e. The zero-order valence-electron chi connectivity index (χ0n) is 13.0. The maximum Gasteiger partial charge on any atom is 0.254 e. The molecule has 0 atom stereocenters. The summed E-state index contributed by atoms with van der Waals surface area (Å²) >= 11 is 1.56. The molecule has 1 amide bonds. The van der Waals surface area contributed by atoms with Crippen LogP contribution >= 0.6 is 11.3 Å².